The fourth-order valence-corrected chi connectivity index (χ4v) is 1.21. The van der Waals surface area contributed by atoms with Crippen LogP contribution in [0.25, 0.3) is 0 Å². The molecule has 0 spiro atoms. The Morgan fingerprint density at radius 2 is 2.29 bits per heavy atom. The van der Waals surface area contributed by atoms with E-state index < -0.39 is 0 Å². The first-order chi connectivity index (χ1) is 6.74. The van der Waals surface area contributed by atoms with Crippen molar-refractivity contribution in [1.82, 2.24) is 9.88 Å². The summed E-state index contributed by atoms with van der Waals surface area (Å²) in [6.45, 7) is 7.38. The number of nitrogens with one attached hydrogen (secondary N) is 1. The smallest absolute Gasteiger partial charge is 0.0401 e. The third kappa shape index (κ3) is 3.34. The summed E-state index contributed by atoms with van der Waals surface area (Å²) in [7, 11) is 2.13. The van der Waals surface area contributed by atoms with Gasteiger partial charge in [0.15, 0.2) is 0 Å². The summed E-state index contributed by atoms with van der Waals surface area (Å²) in [5.74, 6) is 0. The van der Waals surface area contributed by atoms with Gasteiger partial charge in [-0.1, -0.05) is 6.92 Å². The van der Waals surface area contributed by atoms with Crippen LogP contribution in [0.15, 0.2) is 18.5 Å². The largest absolute Gasteiger partial charge is 0.383 e. The van der Waals surface area contributed by atoms with Crippen LogP contribution in [0.1, 0.15) is 12.5 Å². The van der Waals surface area contributed by atoms with E-state index in [1.807, 2.05) is 18.5 Å². The maximum absolute atomic E-state index is 4.05. The molecule has 0 radical (unpaired) electrons. The molecule has 0 aliphatic rings. The van der Waals surface area contributed by atoms with Crippen molar-refractivity contribution in [1.29, 1.82) is 0 Å². The van der Waals surface area contributed by atoms with E-state index in [4.69, 9.17) is 0 Å². The Bertz CT molecular complexity index is 273. The van der Waals surface area contributed by atoms with E-state index in [2.05, 4.69) is 36.1 Å². The number of nitrogens with zero attached hydrogens (tertiary/aromatic N) is 2. The summed E-state index contributed by atoms with van der Waals surface area (Å²) in [6, 6.07) is 2.02. The molecule has 1 aromatic rings. The molecule has 0 amide bonds. The molecule has 0 aromatic carbocycles. The Labute approximate surface area is 86.2 Å². The van der Waals surface area contributed by atoms with Gasteiger partial charge in [0.1, 0.15) is 0 Å². The van der Waals surface area contributed by atoms with Gasteiger partial charge in [-0.15, -0.1) is 0 Å². The highest BCUT2D eigenvalue weighted by molar-refractivity contribution is 5.48. The molecule has 3 heteroatoms. The zero-order valence-electron chi connectivity index (χ0n) is 9.25. The summed E-state index contributed by atoms with van der Waals surface area (Å²) in [6.07, 6.45) is 3.70. The van der Waals surface area contributed by atoms with Gasteiger partial charge in [-0.25, -0.2) is 0 Å². The molecular formula is C11H19N3. The molecule has 0 aliphatic heterocycles. The van der Waals surface area contributed by atoms with Gasteiger partial charge in [-0.2, -0.15) is 0 Å². The first kappa shape index (κ1) is 11.0. The van der Waals surface area contributed by atoms with E-state index in [9.17, 15) is 0 Å². The molecule has 1 N–H and O–H groups in total. The fraction of sp³-hybridized carbons (Fsp3) is 0.545. The van der Waals surface area contributed by atoms with Crippen LogP contribution >= 0.6 is 0 Å². The van der Waals surface area contributed by atoms with Gasteiger partial charge < -0.3 is 10.2 Å². The van der Waals surface area contributed by atoms with E-state index >= 15 is 0 Å². The van der Waals surface area contributed by atoms with Crippen LogP contribution in [0.4, 0.5) is 5.69 Å². The summed E-state index contributed by atoms with van der Waals surface area (Å²) in [5, 5.41) is 3.40. The number of likely N-dealkylation sites (N-methyl/N-ethyl adjacent to an activating group) is 1. The van der Waals surface area contributed by atoms with E-state index in [-0.39, 0.29) is 0 Å². The van der Waals surface area contributed by atoms with Crippen LogP contribution in [0, 0.1) is 6.92 Å². The van der Waals surface area contributed by atoms with Crippen LogP contribution in [0.2, 0.25) is 0 Å². The lowest BCUT2D eigenvalue weighted by Gasteiger charge is -2.15. The third-order valence-electron chi connectivity index (χ3n) is 2.37. The molecule has 0 unspecified atom stereocenters. The average Bonchev–Trinajstić information content (AvgIpc) is 2.20. The number of aromatic nitrogens is 1. The van der Waals surface area contributed by atoms with Crippen molar-refractivity contribution in [2.24, 2.45) is 0 Å². The van der Waals surface area contributed by atoms with Crippen molar-refractivity contribution in [2.45, 2.75) is 13.8 Å². The maximum atomic E-state index is 4.05. The Balaban J connectivity index is 2.35. The van der Waals surface area contributed by atoms with E-state index in [0.717, 1.165) is 19.6 Å². The van der Waals surface area contributed by atoms with Crippen molar-refractivity contribution in [2.75, 3.05) is 32.0 Å². The third-order valence-corrected chi connectivity index (χ3v) is 2.37. The van der Waals surface area contributed by atoms with Crippen LogP contribution < -0.4 is 5.32 Å². The first-order valence-electron chi connectivity index (χ1n) is 5.07. The second-order valence-corrected chi connectivity index (χ2v) is 3.51. The highest BCUT2D eigenvalue weighted by Gasteiger charge is 1.97. The quantitative estimate of drug-likeness (QED) is 0.772. The van der Waals surface area contributed by atoms with E-state index in [1.165, 1.54) is 11.3 Å². The molecule has 0 saturated heterocycles. The van der Waals surface area contributed by atoms with E-state index in [1.54, 1.807) is 0 Å². The fourth-order valence-electron chi connectivity index (χ4n) is 1.21. The lowest BCUT2D eigenvalue weighted by molar-refractivity contribution is 0.367. The van der Waals surface area contributed by atoms with Crippen LogP contribution in [0.3, 0.4) is 0 Å². The molecule has 0 bridgehead atoms. The molecule has 14 heavy (non-hydrogen) atoms. The predicted molar refractivity (Wildman–Crippen MR) is 60.6 cm³/mol. The normalized spacial score (nSPS) is 10.6. The molecule has 0 aliphatic carbocycles. The molecule has 1 aromatic heterocycles. The SMILES string of the molecule is CCN(C)CCNc1ccncc1C. The Kier molecular flexibility index (Phi) is 4.40. The lowest BCUT2D eigenvalue weighted by atomic mass is 10.2. The van der Waals surface area contributed by atoms with Crippen molar-refractivity contribution in [3.05, 3.63) is 24.0 Å². The van der Waals surface area contributed by atoms with Crippen molar-refractivity contribution in [3.63, 3.8) is 0 Å². The van der Waals surface area contributed by atoms with Gasteiger partial charge in [0.2, 0.25) is 0 Å². The molecule has 1 rings (SSSR count). The monoisotopic (exact) mass is 193 g/mol. The summed E-state index contributed by atoms with van der Waals surface area (Å²) < 4.78 is 0. The highest BCUT2D eigenvalue weighted by Crippen LogP contribution is 2.10. The minimum Gasteiger partial charge on any atom is -0.383 e. The van der Waals surface area contributed by atoms with Gasteiger partial charge >= 0.3 is 0 Å². The lowest BCUT2D eigenvalue weighted by Crippen LogP contribution is -2.24. The molecule has 3 nitrogen and oxygen atoms in total. The first-order valence-corrected chi connectivity index (χ1v) is 5.07. The number of hydrogen-bond acceptors (Lipinski definition) is 3. The van der Waals surface area contributed by atoms with Crippen molar-refractivity contribution >= 4 is 5.69 Å². The second-order valence-electron chi connectivity index (χ2n) is 3.51. The number of pyridine rings is 1. The number of aryl methyl sites for hydroxylation is 1. The Morgan fingerprint density at radius 1 is 1.50 bits per heavy atom. The minimum atomic E-state index is 0.981. The predicted octanol–water partition coefficient (Wildman–Crippen LogP) is 1.75. The van der Waals surface area contributed by atoms with Gasteiger partial charge in [0, 0.05) is 31.2 Å². The van der Waals surface area contributed by atoms with Crippen molar-refractivity contribution in [3.8, 4) is 0 Å². The number of anilines is 1. The molecule has 78 valence electrons. The Hall–Kier alpha value is -1.09. The molecular weight excluding hydrogens is 174 g/mol. The maximum Gasteiger partial charge on any atom is 0.0401 e. The zero-order chi connectivity index (χ0) is 10.4. The standard InChI is InChI=1S/C11H19N3/c1-4-14(3)8-7-13-11-5-6-12-9-10(11)2/h5-6,9H,4,7-8H2,1-3H3,(H,12,13). The molecule has 1 heterocycles. The van der Waals surface area contributed by atoms with Crippen LogP contribution in [-0.2, 0) is 0 Å². The van der Waals surface area contributed by atoms with Crippen molar-refractivity contribution < 1.29 is 0 Å². The van der Waals surface area contributed by atoms with E-state index in [0.29, 0.717) is 0 Å². The average molecular weight is 193 g/mol. The zero-order valence-corrected chi connectivity index (χ0v) is 9.25. The summed E-state index contributed by atoms with van der Waals surface area (Å²) in [5.41, 5.74) is 2.39. The summed E-state index contributed by atoms with van der Waals surface area (Å²) >= 11 is 0. The van der Waals surface area contributed by atoms with Crippen LogP contribution in [-0.4, -0.2) is 36.6 Å². The topological polar surface area (TPSA) is 28.2 Å². The second kappa shape index (κ2) is 5.60. The van der Waals surface area contributed by atoms with Gasteiger partial charge in [-0.3, -0.25) is 4.98 Å². The van der Waals surface area contributed by atoms with Gasteiger partial charge in [0.05, 0.1) is 0 Å². The number of hydrogen-bond donors (Lipinski definition) is 1. The molecule has 0 fully saturated rings. The van der Waals surface area contributed by atoms with Gasteiger partial charge in [-0.05, 0) is 32.1 Å². The molecule has 0 saturated carbocycles. The molecule has 0 atom stereocenters. The number of rotatable bonds is 5. The summed E-state index contributed by atoms with van der Waals surface area (Å²) in [4.78, 5) is 6.34. The highest BCUT2D eigenvalue weighted by atomic mass is 15.1. The Morgan fingerprint density at radius 3 is 2.93 bits per heavy atom. The van der Waals surface area contributed by atoms with Crippen LogP contribution in [0.5, 0.6) is 0 Å². The van der Waals surface area contributed by atoms with Gasteiger partial charge in [0.25, 0.3) is 0 Å². The minimum absolute atomic E-state index is 0.981.